The van der Waals surface area contributed by atoms with Crippen LogP contribution in [-0.2, 0) is 4.79 Å². The molecule has 0 saturated heterocycles. The van der Waals surface area contributed by atoms with Gasteiger partial charge in [-0.05, 0) is 62.4 Å². The van der Waals surface area contributed by atoms with Crippen molar-refractivity contribution < 1.29 is 14.3 Å². The van der Waals surface area contributed by atoms with Gasteiger partial charge in [-0.3, -0.25) is 4.79 Å². The number of fused-ring (bicyclic) bond motifs is 1. The van der Waals surface area contributed by atoms with E-state index in [1.54, 1.807) is 12.0 Å². The van der Waals surface area contributed by atoms with E-state index >= 15 is 0 Å². The quantitative estimate of drug-likeness (QED) is 0.368. The highest BCUT2D eigenvalue weighted by Crippen LogP contribution is 2.32. The summed E-state index contributed by atoms with van der Waals surface area (Å²) in [6.07, 6.45) is 0. The number of benzene rings is 3. The molecule has 0 spiro atoms. The number of ether oxygens (including phenoxy) is 2. The second kappa shape index (κ2) is 10.7. The number of nitrogens with zero attached hydrogens (tertiary/aromatic N) is 3. The minimum Gasteiger partial charge on any atom is -0.497 e. The van der Waals surface area contributed by atoms with Gasteiger partial charge in [0.05, 0.1) is 7.11 Å². The molecule has 0 aliphatic heterocycles. The van der Waals surface area contributed by atoms with E-state index in [4.69, 9.17) is 9.47 Å². The fourth-order valence-corrected chi connectivity index (χ4v) is 3.74. The molecule has 0 aliphatic rings. The molecular weight excluding hydrogens is 428 g/mol. The highest BCUT2D eigenvalue weighted by Gasteiger charge is 2.13. The largest absolute Gasteiger partial charge is 0.497 e. The Balaban J connectivity index is 1.55. The zero-order valence-electron chi connectivity index (χ0n) is 19.6. The van der Waals surface area contributed by atoms with Gasteiger partial charge < -0.3 is 19.7 Å². The lowest BCUT2D eigenvalue weighted by Crippen LogP contribution is -2.34. The van der Waals surface area contributed by atoms with Crippen LogP contribution in [0.25, 0.3) is 22.0 Å². The molecule has 0 atom stereocenters. The first kappa shape index (κ1) is 23.0. The third kappa shape index (κ3) is 5.09. The Kier molecular flexibility index (Phi) is 7.22. The van der Waals surface area contributed by atoms with Crippen LogP contribution in [0.3, 0.4) is 0 Å². The number of likely N-dealkylation sites (N-methyl/N-ethyl adjacent to an activating group) is 1. The molecule has 0 bridgehead atoms. The van der Waals surface area contributed by atoms with Crippen molar-refractivity contribution >= 4 is 28.2 Å². The first-order valence-electron chi connectivity index (χ1n) is 11.3. The van der Waals surface area contributed by atoms with Gasteiger partial charge in [-0.2, -0.15) is 0 Å². The van der Waals surface area contributed by atoms with Crippen LogP contribution in [0.2, 0.25) is 0 Å². The van der Waals surface area contributed by atoms with Gasteiger partial charge in [0.2, 0.25) is 0 Å². The van der Waals surface area contributed by atoms with E-state index in [-0.39, 0.29) is 12.5 Å². The van der Waals surface area contributed by atoms with Crippen LogP contribution < -0.4 is 14.8 Å². The number of carbonyl (C=O) groups is 1. The Bertz CT molecular complexity index is 1250. The molecule has 7 nitrogen and oxygen atoms in total. The van der Waals surface area contributed by atoms with Gasteiger partial charge in [-0.25, -0.2) is 0 Å². The molecular formula is C27H28N4O3. The highest BCUT2D eigenvalue weighted by atomic mass is 16.5. The van der Waals surface area contributed by atoms with E-state index in [0.29, 0.717) is 24.7 Å². The summed E-state index contributed by atoms with van der Waals surface area (Å²) in [5.41, 5.74) is 2.59. The molecule has 174 valence electrons. The molecule has 4 rings (SSSR count). The standard InChI is InChI=1S/C27H28N4O3/c1-4-31(5-2)25(32)18-34-22-14-10-19(11-15-22)26-23-8-6-7-9-24(23)27(30-29-26)28-20-12-16-21(33-3)17-13-20/h6-17H,4-5,18H2,1-3H3,(H,28,30). The number of aromatic nitrogens is 2. The third-order valence-corrected chi connectivity index (χ3v) is 5.65. The second-order valence-corrected chi connectivity index (χ2v) is 7.68. The molecule has 0 saturated carbocycles. The molecule has 1 N–H and O–H groups in total. The van der Waals surface area contributed by atoms with Gasteiger partial charge in [0.15, 0.2) is 12.4 Å². The normalized spacial score (nSPS) is 10.7. The van der Waals surface area contributed by atoms with Crippen molar-refractivity contribution in [3.05, 3.63) is 72.8 Å². The first-order valence-corrected chi connectivity index (χ1v) is 11.3. The SMILES string of the molecule is CCN(CC)C(=O)COc1ccc(-c2nnc(Nc3ccc(OC)cc3)c3ccccc23)cc1. The number of hydrogen-bond donors (Lipinski definition) is 1. The molecule has 0 fully saturated rings. The molecule has 1 heterocycles. The number of carbonyl (C=O) groups excluding carboxylic acids is 1. The topological polar surface area (TPSA) is 76.6 Å². The minimum atomic E-state index is -0.0223. The fourth-order valence-electron chi connectivity index (χ4n) is 3.74. The Labute approximate surface area is 199 Å². The monoisotopic (exact) mass is 456 g/mol. The van der Waals surface area contributed by atoms with Gasteiger partial charge in [0.25, 0.3) is 5.91 Å². The summed E-state index contributed by atoms with van der Waals surface area (Å²) >= 11 is 0. The minimum absolute atomic E-state index is 0.0223. The van der Waals surface area contributed by atoms with Gasteiger partial charge in [-0.15, -0.1) is 10.2 Å². The van der Waals surface area contributed by atoms with Crippen molar-refractivity contribution in [2.45, 2.75) is 13.8 Å². The van der Waals surface area contributed by atoms with Crippen LogP contribution in [-0.4, -0.2) is 47.8 Å². The van der Waals surface area contributed by atoms with E-state index in [1.165, 1.54) is 0 Å². The molecule has 1 aromatic heterocycles. The van der Waals surface area contributed by atoms with E-state index in [9.17, 15) is 4.79 Å². The molecule has 3 aromatic carbocycles. The lowest BCUT2D eigenvalue weighted by molar-refractivity contribution is -0.132. The zero-order valence-corrected chi connectivity index (χ0v) is 19.6. The fraction of sp³-hybridized carbons (Fsp3) is 0.222. The van der Waals surface area contributed by atoms with E-state index in [1.807, 2.05) is 86.6 Å². The third-order valence-electron chi connectivity index (χ3n) is 5.65. The van der Waals surface area contributed by atoms with Crippen molar-refractivity contribution in [3.63, 3.8) is 0 Å². The Morgan fingerprint density at radius 1 is 0.853 bits per heavy atom. The molecule has 7 heteroatoms. The summed E-state index contributed by atoms with van der Waals surface area (Å²) in [6.45, 7) is 5.29. The average molecular weight is 457 g/mol. The summed E-state index contributed by atoms with van der Waals surface area (Å²) in [7, 11) is 1.64. The second-order valence-electron chi connectivity index (χ2n) is 7.68. The highest BCUT2D eigenvalue weighted by molar-refractivity contribution is 6.00. The molecule has 4 aromatic rings. The van der Waals surface area contributed by atoms with Gasteiger partial charge in [0.1, 0.15) is 17.2 Å². The van der Waals surface area contributed by atoms with E-state index in [2.05, 4.69) is 15.5 Å². The van der Waals surface area contributed by atoms with Gasteiger partial charge in [-0.1, -0.05) is 24.3 Å². The van der Waals surface area contributed by atoms with Crippen molar-refractivity contribution in [3.8, 4) is 22.8 Å². The summed E-state index contributed by atoms with van der Waals surface area (Å²) in [5.74, 6) is 2.09. The number of methoxy groups -OCH3 is 1. The van der Waals surface area contributed by atoms with E-state index in [0.717, 1.165) is 33.5 Å². The number of anilines is 2. The van der Waals surface area contributed by atoms with Crippen molar-refractivity contribution in [2.75, 3.05) is 32.1 Å². The van der Waals surface area contributed by atoms with Crippen LogP contribution in [0.1, 0.15) is 13.8 Å². The maximum atomic E-state index is 12.2. The van der Waals surface area contributed by atoms with Crippen LogP contribution in [0.4, 0.5) is 11.5 Å². The van der Waals surface area contributed by atoms with E-state index < -0.39 is 0 Å². The average Bonchev–Trinajstić information content (AvgIpc) is 2.89. The maximum absolute atomic E-state index is 12.2. The maximum Gasteiger partial charge on any atom is 0.260 e. The van der Waals surface area contributed by atoms with Crippen LogP contribution in [0, 0.1) is 0 Å². The first-order chi connectivity index (χ1) is 16.6. The molecule has 0 aliphatic carbocycles. The molecule has 0 radical (unpaired) electrons. The number of nitrogens with one attached hydrogen (secondary N) is 1. The number of amides is 1. The lowest BCUT2D eigenvalue weighted by atomic mass is 10.0. The predicted molar refractivity (Wildman–Crippen MR) is 135 cm³/mol. The Hall–Kier alpha value is -4.13. The summed E-state index contributed by atoms with van der Waals surface area (Å²) in [5, 5.41) is 14.3. The van der Waals surface area contributed by atoms with Crippen LogP contribution in [0.15, 0.2) is 72.8 Å². The van der Waals surface area contributed by atoms with Crippen LogP contribution >= 0.6 is 0 Å². The zero-order chi connectivity index (χ0) is 23.9. The summed E-state index contributed by atoms with van der Waals surface area (Å²) in [4.78, 5) is 13.9. The molecule has 34 heavy (non-hydrogen) atoms. The van der Waals surface area contributed by atoms with Crippen LogP contribution in [0.5, 0.6) is 11.5 Å². The van der Waals surface area contributed by atoms with Gasteiger partial charge >= 0.3 is 0 Å². The number of rotatable bonds is 9. The molecule has 1 amide bonds. The van der Waals surface area contributed by atoms with Crippen molar-refractivity contribution in [1.82, 2.24) is 15.1 Å². The number of hydrogen-bond acceptors (Lipinski definition) is 6. The smallest absolute Gasteiger partial charge is 0.260 e. The Morgan fingerprint density at radius 3 is 2.15 bits per heavy atom. The molecule has 0 unspecified atom stereocenters. The summed E-state index contributed by atoms with van der Waals surface area (Å²) < 4.78 is 10.9. The van der Waals surface area contributed by atoms with Crippen molar-refractivity contribution in [2.24, 2.45) is 0 Å². The van der Waals surface area contributed by atoms with Gasteiger partial charge in [0, 0.05) is 35.1 Å². The Morgan fingerprint density at radius 2 is 1.50 bits per heavy atom. The predicted octanol–water partition coefficient (Wildman–Crippen LogP) is 5.30. The summed E-state index contributed by atoms with van der Waals surface area (Å²) in [6, 6.07) is 23.3. The lowest BCUT2D eigenvalue weighted by Gasteiger charge is -2.18. The van der Waals surface area contributed by atoms with Crippen molar-refractivity contribution in [1.29, 1.82) is 0 Å².